The number of aromatic amines is 1. The molecule has 0 aliphatic carbocycles. The average molecular weight is 468 g/mol. The third-order valence-corrected chi connectivity index (χ3v) is 6.94. The fourth-order valence-electron chi connectivity index (χ4n) is 3.10. The van der Waals surface area contributed by atoms with E-state index in [9.17, 15) is 14.2 Å². The number of hydrogen-bond donors (Lipinski definition) is 1. The van der Waals surface area contributed by atoms with Crippen LogP contribution >= 0.6 is 7.60 Å². The second-order valence-corrected chi connectivity index (χ2v) is 9.52. The number of rotatable bonds is 14. The Morgan fingerprint density at radius 3 is 2.34 bits per heavy atom. The predicted molar refractivity (Wildman–Crippen MR) is 122 cm³/mol. The third-order valence-electron chi connectivity index (χ3n) is 4.84. The van der Waals surface area contributed by atoms with E-state index in [1.807, 2.05) is 37.3 Å². The average Bonchev–Trinajstić information content (AvgIpc) is 2.76. The zero-order chi connectivity index (χ0) is 23.6. The van der Waals surface area contributed by atoms with E-state index >= 15 is 0 Å². The lowest BCUT2D eigenvalue weighted by molar-refractivity contribution is -0.0932. The van der Waals surface area contributed by atoms with E-state index in [1.165, 1.54) is 10.8 Å². The van der Waals surface area contributed by atoms with Gasteiger partial charge in [0.2, 0.25) is 0 Å². The van der Waals surface area contributed by atoms with Crippen molar-refractivity contribution < 1.29 is 23.1 Å². The van der Waals surface area contributed by atoms with Gasteiger partial charge in [0.15, 0.2) is 0 Å². The molecule has 2 rings (SSSR count). The van der Waals surface area contributed by atoms with Crippen molar-refractivity contribution in [2.75, 3.05) is 19.4 Å². The van der Waals surface area contributed by atoms with Crippen LogP contribution in [0.1, 0.15) is 38.3 Å². The number of hydrogen-bond acceptors (Lipinski definition) is 7. The smallest absolute Gasteiger partial charge is 0.330 e. The van der Waals surface area contributed by atoms with Crippen LogP contribution in [0.5, 0.6) is 0 Å². The highest BCUT2D eigenvalue weighted by Crippen LogP contribution is 2.49. The van der Waals surface area contributed by atoms with Gasteiger partial charge >= 0.3 is 13.3 Å². The lowest BCUT2D eigenvalue weighted by Gasteiger charge is -2.26. The van der Waals surface area contributed by atoms with Crippen molar-refractivity contribution in [1.29, 1.82) is 0 Å². The minimum Gasteiger partial charge on any atom is -0.371 e. The summed E-state index contributed by atoms with van der Waals surface area (Å²) in [5, 5.41) is 0. The van der Waals surface area contributed by atoms with Crippen molar-refractivity contribution in [2.24, 2.45) is 0 Å². The summed E-state index contributed by atoms with van der Waals surface area (Å²) < 4.78 is 36.9. The SMILES string of the molecule is CCOP(=O)(CC[C@@H](OCn1cc(C)c(=O)[nH]c1=O)[C@H](C)OCc1ccccc1)OCC. The molecule has 1 N–H and O–H groups in total. The number of aryl methyl sites for hydroxylation is 1. The molecule has 0 radical (unpaired) electrons. The van der Waals surface area contributed by atoms with Gasteiger partial charge in [0.1, 0.15) is 6.73 Å². The number of H-pyrrole nitrogens is 1. The molecule has 10 heteroatoms. The highest BCUT2D eigenvalue weighted by molar-refractivity contribution is 7.53. The molecule has 0 spiro atoms. The lowest BCUT2D eigenvalue weighted by atomic mass is 10.1. The van der Waals surface area contributed by atoms with Crippen molar-refractivity contribution in [3.63, 3.8) is 0 Å². The maximum absolute atomic E-state index is 12.9. The quantitative estimate of drug-likeness (QED) is 0.423. The first kappa shape index (κ1) is 26.2. The van der Waals surface area contributed by atoms with Gasteiger partial charge in [-0.05, 0) is 39.7 Å². The molecule has 178 valence electrons. The summed E-state index contributed by atoms with van der Waals surface area (Å²) in [6.45, 7) is 7.83. The van der Waals surface area contributed by atoms with Crippen LogP contribution in [0.4, 0.5) is 0 Å². The van der Waals surface area contributed by atoms with E-state index in [0.717, 1.165) is 5.56 Å². The molecule has 9 nitrogen and oxygen atoms in total. The molecule has 0 saturated heterocycles. The summed E-state index contributed by atoms with van der Waals surface area (Å²) in [4.78, 5) is 25.9. The van der Waals surface area contributed by atoms with E-state index in [1.54, 1.807) is 20.8 Å². The number of nitrogens with one attached hydrogen (secondary N) is 1. The Hall–Kier alpha value is -2.03. The first-order chi connectivity index (χ1) is 15.3. The van der Waals surface area contributed by atoms with Gasteiger partial charge in [-0.25, -0.2) is 4.79 Å². The molecule has 1 aromatic carbocycles. The van der Waals surface area contributed by atoms with Crippen LogP contribution in [-0.2, 0) is 36.4 Å². The van der Waals surface area contributed by atoms with Crippen LogP contribution in [0.25, 0.3) is 0 Å². The highest BCUT2D eigenvalue weighted by atomic mass is 31.2. The van der Waals surface area contributed by atoms with Gasteiger partial charge in [-0.2, -0.15) is 0 Å². The largest absolute Gasteiger partial charge is 0.371 e. The number of aromatic nitrogens is 2. The van der Waals surface area contributed by atoms with Gasteiger partial charge < -0.3 is 18.5 Å². The molecule has 2 aromatic rings. The number of benzene rings is 1. The molecule has 0 aliphatic heterocycles. The summed E-state index contributed by atoms with van der Waals surface area (Å²) >= 11 is 0. The Morgan fingerprint density at radius 1 is 1.06 bits per heavy atom. The molecule has 0 aliphatic rings. The maximum Gasteiger partial charge on any atom is 0.330 e. The molecule has 1 heterocycles. The van der Waals surface area contributed by atoms with Gasteiger partial charge in [0, 0.05) is 11.8 Å². The van der Waals surface area contributed by atoms with E-state index in [0.29, 0.717) is 18.6 Å². The Labute approximate surface area is 188 Å². The van der Waals surface area contributed by atoms with E-state index < -0.39 is 24.9 Å². The lowest BCUT2D eigenvalue weighted by Crippen LogP contribution is -2.35. The summed E-state index contributed by atoms with van der Waals surface area (Å²) in [6, 6.07) is 9.72. The van der Waals surface area contributed by atoms with Crippen LogP contribution in [0.2, 0.25) is 0 Å². The van der Waals surface area contributed by atoms with Crippen LogP contribution < -0.4 is 11.2 Å². The summed E-state index contributed by atoms with van der Waals surface area (Å²) in [6.07, 6.45) is 1.07. The second-order valence-electron chi connectivity index (χ2n) is 7.34. The van der Waals surface area contributed by atoms with E-state index in [-0.39, 0.29) is 32.2 Å². The van der Waals surface area contributed by atoms with Crippen molar-refractivity contribution in [3.8, 4) is 0 Å². The van der Waals surface area contributed by atoms with Crippen molar-refractivity contribution in [1.82, 2.24) is 9.55 Å². The molecule has 0 amide bonds. The van der Waals surface area contributed by atoms with Crippen molar-refractivity contribution >= 4 is 7.60 Å². The third kappa shape index (κ3) is 8.15. The second kappa shape index (κ2) is 12.9. The zero-order valence-corrected chi connectivity index (χ0v) is 20.0. The summed E-state index contributed by atoms with van der Waals surface area (Å²) in [5.41, 5.74) is 0.415. The van der Waals surface area contributed by atoms with Gasteiger partial charge in [0.25, 0.3) is 5.56 Å². The van der Waals surface area contributed by atoms with E-state index in [4.69, 9.17) is 18.5 Å². The molecular formula is C22H33N2O7P. The monoisotopic (exact) mass is 468 g/mol. The summed E-state index contributed by atoms with van der Waals surface area (Å²) in [5.74, 6) is 0. The Morgan fingerprint density at radius 2 is 1.72 bits per heavy atom. The Balaban J connectivity index is 2.11. The predicted octanol–water partition coefficient (Wildman–Crippen LogP) is 3.45. The molecule has 32 heavy (non-hydrogen) atoms. The molecule has 0 saturated carbocycles. The molecule has 0 fully saturated rings. The first-order valence-electron chi connectivity index (χ1n) is 10.7. The normalized spacial score (nSPS) is 13.8. The van der Waals surface area contributed by atoms with Gasteiger partial charge in [-0.1, -0.05) is 30.3 Å². The number of ether oxygens (including phenoxy) is 2. The molecule has 0 unspecified atom stereocenters. The van der Waals surface area contributed by atoms with Gasteiger partial charge in [-0.3, -0.25) is 18.9 Å². The Bertz CT molecular complexity index is 980. The summed E-state index contributed by atoms with van der Waals surface area (Å²) in [7, 11) is -3.26. The van der Waals surface area contributed by atoms with Gasteiger partial charge in [-0.15, -0.1) is 0 Å². The highest BCUT2D eigenvalue weighted by Gasteiger charge is 2.28. The van der Waals surface area contributed by atoms with E-state index in [2.05, 4.69) is 4.98 Å². The van der Waals surface area contributed by atoms with Crippen LogP contribution in [0.15, 0.2) is 46.1 Å². The topological polar surface area (TPSA) is 109 Å². The van der Waals surface area contributed by atoms with Crippen LogP contribution in [-0.4, -0.2) is 41.1 Å². The van der Waals surface area contributed by atoms with Crippen LogP contribution in [0.3, 0.4) is 0 Å². The van der Waals surface area contributed by atoms with Crippen molar-refractivity contribution in [2.45, 2.75) is 59.7 Å². The molecular weight excluding hydrogens is 435 g/mol. The molecule has 0 bridgehead atoms. The number of nitrogens with zero attached hydrogens (tertiary/aromatic N) is 1. The first-order valence-corrected chi connectivity index (χ1v) is 12.5. The minimum atomic E-state index is -3.26. The van der Waals surface area contributed by atoms with Crippen molar-refractivity contribution in [3.05, 3.63) is 68.5 Å². The molecule has 2 atom stereocenters. The van der Waals surface area contributed by atoms with Crippen LogP contribution in [0, 0.1) is 6.92 Å². The van der Waals surface area contributed by atoms with Gasteiger partial charge in [0.05, 0.1) is 38.2 Å². The fraction of sp³-hybridized carbons (Fsp3) is 0.545. The zero-order valence-electron chi connectivity index (χ0n) is 19.1. The maximum atomic E-state index is 12.9. The Kier molecular flexibility index (Phi) is 10.5. The standard InChI is InChI=1S/C22H33N2O7P/c1-5-30-32(27,31-6-2)13-12-20(18(4)28-15-19-10-8-7-9-11-19)29-16-24-14-17(3)21(25)23-22(24)26/h7-11,14,18,20H,5-6,12-13,15-16H2,1-4H3,(H,23,25,26)/t18-,20+/m0/s1. The minimum absolute atomic E-state index is 0.0896. The fourth-order valence-corrected chi connectivity index (χ4v) is 4.79. The molecule has 1 aromatic heterocycles.